The lowest BCUT2D eigenvalue weighted by molar-refractivity contribution is 0.466. The van der Waals surface area contributed by atoms with Gasteiger partial charge >= 0.3 is 0 Å². The third-order valence-corrected chi connectivity index (χ3v) is 7.23. The molecule has 0 fully saturated rings. The van der Waals surface area contributed by atoms with Crippen LogP contribution in [0.25, 0.3) is 16.7 Å². The maximum atomic E-state index is 14.9. The van der Waals surface area contributed by atoms with Crippen LogP contribution < -0.4 is 0 Å². The molecule has 3 aromatic rings. The fraction of sp³-hybridized carbons (Fsp3) is 0.355. The molecule has 0 radical (unpaired) electrons. The number of benzene rings is 3. The molecule has 0 nitrogen and oxygen atoms in total. The Balaban J connectivity index is 1.45. The van der Waals surface area contributed by atoms with Crippen molar-refractivity contribution in [2.45, 2.75) is 65.2 Å². The summed E-state index contributed by atoms with van der Waals surface area (Å²) in [7, 11) is 0. The maximum Gasteiger partial charge on any atom is 0.166 e. The summed E-state index contributed by atoms with van der Waals surface area (Å²) in [5, 5.41) is 0. The van der Waals surface area contributed by atoms with Gasteiger partial charge in [-0.1, -0.05) is 81.3 Å². The maximum absolute atomic E-state index is 14.9. The lowest BCUT2D eigenvalue weighted by Crippen LogP contribution is -2.07. The summed E-state index contributed by atoms with van der Waals surface area (Å²) in [6.07, 6.45) is 8.00. The molecule has 4 heteroatoms. The van der Waals surface area contributed by atoms with Gasteiger partial charge in [0.05, 0.1) is 0 Å². The zero-order valence-corrected chi connectivity index (χ0v) is 20.4. The van der Waals surface area contributed by atoms with Crippen LogP contribution in [0.4, 0.5) is 17.6 Å². The lowest BCUT2D eigenvalue weighted by Gasteiger charge is -2.21. The number of halogens is 4. The zero-order valence-electron chi connectivity index (χ0n) is 20.4. The van der Waals surface area contributed by atoms with Crippen LogP contribution in [0.15, 0.2) is 54.6 Å². The van der Waals surface area contributed by atoms with E-state index in [-0.39, 0.29) is 5.56 Å². The highest BCUT2D eigenvalue weighted by Gasteiger charge is 2.20. The number of rotatable bonds is 8. The standard InChI is InChI=1S/C31H32F4/c1-3-5-24-16-18-26(30(34)28(24)32)23-13-8-21(9-14-23)10-15-25-17-19-27(31(35)29(25)33)22-11-6-20(4-2)7-12-22/h8-9,11,13-14,16-20H,3-7,10,12,15H2,1-2H3. The molecule has 0 aliphatic heterocycles. The minimum absolute atomic E-state index is 0.222. The van der Waals surface area contributed by atoms with E-state index in [4.69, 9.17) is 0 Å². The van der Waals surface area contributed by atoms with E-state index in [9.17, 15) is 17.6 Å². The molecule has 3 aromatic carbocycles. The first-order valence-electron chi connectivity index (χ1n) is 12.6. The van der Waals surface area contributed by atoms with Crippen LogP contribution in [0.2, 0.25) is 0 Å². The van der Waals surface area contributed by atoms with E-state index >= 15 is 0 Å². The molecule has 1 unspecified atom stereocenters. The average Bonchev–Trinajstić information content (AvgIpc) is 2.88. The van der Waals surface area contributed by atoms with E-state index in [2.05, 4.69) is 13.0 Å². The van der Waals surface area contributed by atoms with Crippen molar-refractivity contribution in [3.63, 3.8) is 0 Å². The highest BCUT2D eigenvalue weighted by atomic mass is 19.2. The molecule has 1 atom stereocenters. The van der Waals surface area contributed by atoms with E-state index < -0.39 is 23.3 Å². The monoisotopic (exact) mass is 480 g/mol. The molecule has 184 valence electrons. The van der Waals surface area contributed by atoms with Crippen molar-refractivity contribution in [1.82, 2.24) is 0 Å². The molecule has 4 rings (SSSR count). The fourth-order valence-electron chi connectivity index (χ4n) is 4.94. The molecule has 0 heterocycles. The summed E-state index contributed by atoms with van der Waals surface area (Å²) in [5.41, 5.74) is 3.74. The second kappa shape index (κ2) is 11.2. The molecule has 0 spiro atoms. The Morgan fingerprint density at radius 1 is 0.686 bits per heavy atom. The average molecular weight is 481 g/mol. The van der Waals surface area contributed by atoms with Crippen molar-refractivity contribution in [2.75, 3.05) is 0 Å². The van der Waals surface area contributed by atoms with Gasteiger partial charge in [-0.05, 0) is 72.3 Å². The summed E-state index contributed by atoms with van der Waals surface area (Å²) >= 11 is 0. The Labute approximate surface area is 205 Å². The van der Waals surface area contributed by atoms with Gasteiger partial charge in [0.1, 0.15) is 0 Å². The van der Waals surface area contributed by atoms with Gasteiger partial charge in [0.2, 0.25) is 0 Å². The molecule has 0 bridgehead atoms. The fourth-order valence-corrected chi connectivity index (χ4v) is 4.94. The molecule has 0 N–H and O–H groups in total. The van der Waals surface area contributed by atoms with Gasteiger partial charge in [0.15, 0.2) is 23.3 Å². The highest BCUT2D eigenvalue weighted by molar-refractivity contribution is 5.67. The van der Waals surface area contributed by atoms with Crippen LogP contribution in [-0.2, 0) is 19.3 Å². The van der Waals surface area contributed by atoms with Crippen LogP contribution >= 0.6 is 0 Å². The van der Waals surface area contributed by atoms with E-state index in [0.29, 0.717) is 47.4 Å². The molecule has 0 saturated carbocycles. The van der Waals surface area contributed by atoms with Crippen LogP contribution in [0.5, 0.6) is 0 Å². The highest BCUT2D eigenvalue weighted by Crippen LogP contribution is 2.34. The summed E-state index contributed by atoms with van der Waals surface area (Å²) < 4.78 is 58.6. The van der Waals surface area contributed by atoms with Gasteiger partial charge in [0.25, 0.3) is 0 Å². The molecule has 35 heavy (non-hydrogen) atoms. The minimum atomic E-state index is -0.834. The first-order valence-corrected chi connectivity index (χ1v) is 12.6. The van der Waals surface area contributed by atoms with Crippen molar-refractivity contribution in [3.8, 4) is 11.1 Å². The van der Waals surface area contributed by atoms with E-state index in [0.717, 1.165) is 43.2 Å². The second-order valence-electron chi connectivity index (χ2n) is 9.53. The van der Waals surface area contributed by atoms with Crippen LogP contribution in [0.3, 0.4) is 0 Å². The Morgan fingerprint density at radius 2 is 1.31 bits per heavy atom. The predicted molar refractivity (Wildman–Crippen MR) is 135 cm³/mol. The van der Waals surface area contributed by atoms with Gasteiger partial charge in [0, 0.05) is 11.1 Å². The number of hydrogen-bond acceptors (Lipinski definition) is 0. The van der Waals surface area contributed by atoms with Crippen molar-refractivity contribution in [2.24, 2.45) is 5.92 Å². The molecule has 1 aliphatic rings. The summed E-state index contributed by atoms with van der Waals surface area (Å²) in [4.78, 5) is 0. The van der Waals surface area contributed by atoms with Crippen LogP contribution in [0.1, 0.15) is 68.2 Å². The number of aryl methyl sites for hydroxylation is 3. The second-order valence-corrected chi connectivity index (χ2v) is 9.53. The van der Waals surface area contributed by atoms with Gasteiger partial charge in [-0.2, -0.15) is 0 Å². The Hall–Kier alpha value is -2.88. The van der Waals surface area contributed by atoms with Crippen molar-refractivity contribution in [1.29, 1.82) is 0 Å². The first kappa shape index (κ1) is 25.2. The van der Waals surface area contributed by atoms with Crippen molar-refractivity contribution >= 4 is 5.57 Å². The first-order chi connectivity index (χ1) is 16.9. The van der Waals surface area contributed by atoms with Crippen LogP contribution in [0, 0.1) is 29.2 Å². The third-order valence-electron chi connectivity index (χ3n) is 7.23. The minimum Gasteiger partial charge on any atom is -0.203 e. The van der Waals surface area contributed by atoms with Gasteiger partial charge in [-0.25, -0.2) is 17.6 Å². The Morgan fingerprint density at radius 3 is 1.91 bits per heavy atom. The summed E-state index contributed by atoms with van der Waals surface area (Å²) in [6, 6.07) is 13.8. The number of hydrogen-bond donors (Lipinski definition) is 0. The SMILES string of the molecule is CCCc1ccc(-c2ccc(CCc3ccc(C4=CCC(CC)CC4)c(F)c3F)cc2)c(F)c1F. The number of allylic oxidation sites excluding steroid dienone is 2. The summed E-state index contributed by atoms with van der Waals surface area (Å²) in [6.45, 7) is 4.09. The lowest BCUT2D eigenvalue weighted by atomic mass is 9.85. The topological polar surface area (TPSA) is 0 Å². The molecular weight excluding hydrogens is 448 g/mol. The quantitative estimate of drug-likeness (QED) is 0.282. The normalized spacial score (nSPS) is 15.8. The van der Waals surface area contributed by atoms with Crippen molar-refractivity contribution < 1.29 is 17.6 Å². The van der Waals surface area contributed by atoms with E-state index in [1.165, 1.54) is 0 Å². The molecule has 0 amide bonds. The Kier molecular flexibility index (Phi) is 8.10. The van der Waals surface area contributed by atoms with Crippen LogP contribution in [-0.4, -0.2) is 0 Å². The van der Waals surface area contributed by atoms with Gasteiger partial charge in [-0.3, -0.25) is 0 Å². The predicted octanol–water partition coefficient (Wildman–Crippen LogP) is 9.24. The third kappa shape index (κ3) is 5.52. The van der Waals surface area contributed by atoms with E-state index in [1.807, 2.05) is 19.1 Å². The Bertz CT molecular complexity index is 1210. The smallest absolute Gasteiger partial charge is 0.166 e. The largest absolute Gasteiger partial charge is 0.203 e. The van der Waals surface area contributed by atoms with E-state index in [1.54, 1.807) is 36.4 Å². The molecule has 1 aliphatic carbocycles. The molecule has 0 saturated heterocycles. The molecular formula is C31H32F4. The van der Waals surface area contributed by atoms with Crippen molar-refractivity contribution in [3.05, 3.63) is 100 Å². The summed E-state index contributed by atoms with van der Waals surface area (Å²) in [5.74, 6) is -2.53. The van der Waals surface area contributed by atoms with Gasteiger partial charge < -0.3 is 0 Å². The van der Waals surface area contributed by atoms with Gasteiger partial charge in [-0.15, -0.1) is 0 Å². The zero-order chi connectivity index (χ0) is 24.9. The molecule has 0 aromatic heterocycles.